The molecule has 2 amide bonds. The normalized spacial score (nSPS) is 15.4. The molecule has 1 heterocycles. The van der Waals surface area contributed by atoms with E-state index in [1.807, 2.05) is 78.6 Å². The molecule has 5 nitrogen and oxygen atoms in total. The molecule has 3 aromatic rings. The Hall–Kier alpha value is -3.31. The molecule has 3 aromatic carbocycles. The highest BCUT2D eigenvalue weighted by molar-refractivity contribution is 6.30. The molecule has 0 unspecified atom stereocenters. The Balaban J connectivity index is 1.62. The van der Waals surface area contributed by atoms with Gasteiger partial charge in [-0.15, -0.1) is 0 Å². The Kier molecular flexibility index (Phi) is 6.47. The zero-order chi connectivity index (χ0) is 22.7. The van der Waals surface area contributed by atoms with Crippen LogP contribution in [0.25, 0.3) is 0 Å². The Labute approximate surface area is 193 Å². The first-order chi connectivity index (χ1) is 15.4. The maximum absolute atomic E-state index is 13.7. The lowest BCUT2D eigenvalue weighted by atomic mass is 10.0. The molecule has 0 saturated heterocycles. The van der Waals surface area contributed by atoms with Crippen LogP contribution in [-0.2, 0) is 22.6 Å². The first kappa shape index (κ1) is 21.9. The van der Waals surface area contributed by atoms with Gasteiger partial charge in [-0.25, -0.2) is 0 Å². The van der Waals surface area contributed by atoms with E-state index in [0.717, 1.165) is 16.7 Å². The van der Waals surface area contributed by atoms with Gasteiger partial charge in [0.1, 0.15) is 5.75 Å². The van der Waals surface area contributed by atoms with Crippen LogP contribution in [0, 0.1) is 0 Å². The standard InChI is InChI=1S/C26H25ClN2O3/c1-17(20-9-6-10-23(14-20)28-18(2)30)29(16-19-7-4-3-5-8-19)26(31)25-15-21-13-22(27)11-12-24(21)32-25/h3-14,17,25H,15-16H2,1-2H3,(H,28,30)/t17-,25+/m0/s1. The van der Waals surface area contributed by atoms with Crippen molar-refractivity contribution in [3.05, 3.63) is 94.5 Å². The third-order valence-electron chi connectivity index (χ3n) is 5.61. The lowest BCUT2D eigenvalue weighted by molar-refractivity contribution is -0.141. The summed E-state index contributed by atoms with van der Waals surface area (Å²) in [7, 11) is 0. The van der Waals surface area contributed by atoms with Crippen LogP contribution in [0.15, 0.2) is 72.8 Å². The van der Waals surface area contributed by atoms with Crippen molar-refractivity contribution in [2.45, 2.75) is 39.0 Å². The van der Waals surface area contributed by atoms with Crippen LogP contribution in [0.5, 0.6) is 5.75 Å². The van der Waals surface area contributed by atoms with Crippen molar-refractivity contribution < 1.29 is 14.3 Å². The van der Waals surface area contributed by atoms with Crippen molar-refractivity contribution in [2.75, 3.05) is 5.32 Å². The first-order valence-corrected chi connectivity index (χ1v) is 11.0. The average Bonchev–Trinajstić information content (AvgIpc) is 3.20. The Morgan fingerprint density at radius 2 is 1.88 bits per heavy atom. The molecule has 0 saturated carbocycles. The molecule has 0 radical (unpaired) electrons. The number of carbonyl (C=O) groups is 2. The fraction of sp³-hybridized carbons (Fsp3) is 0.231. The summed E-state index contributed by atoms with van der Waals surface area (Å²) in [6, 6.07) is 22.7. The number of anilines is 1. The number of ether oxygens (including phenoxy) is 1. The van der Waals surface area contributed by atoms with Crippen LogP contribution in [0.1, 0.15) is 36.6 Å². The monoisotopic (exact) mass is 448 g/mol. The molecule has 0 aliphatic carbocycles. The minimum absolute atomic E-state index is 0.0846. The highest BCUT2D eigenvalue weighted by Crippen LogP contribution is 2.34. The van der Waals surface area contributed by atoms with E-state index in [1.165, 1.54) is 6.92 Å². The third kappa shape index (κ3) is 4.94. The SMILES string of the molecule is CC(=O)Nc1cccc([C@H](C)N(Cc2ccccc2)C(=O)[C@H]2Cc3cc(Cl)ccc3O2)c1. The fourth-order valence-electron chi connectivity index (χ4n) is 3.99. The zero-order valence-corrected chi connectivity index (χ0v) is 18.8. The topological polar surface area (TPSA) is 58.6 Å². The minimum atomic E-state index is -0.604. The summed E-state index contributed by atoms with van der Waals surface area (Å²) in [5.41, 5.74) is 3.60. The second-order valence-electron chi connectivity index (χ2n) is 8.00. The quantitative estimate of drug-likeness (QED) is 0.549. The summed E-state index contributed by atoms with van der Waals surface area (Å²) in [5, 5.41) is 3.44. The number of hydrogen-bond donors (Lipinski definition) is 1. The number of carbonyl (C=O) groups excluding carboxylic acids is 2. The van der Waals surface area contributed by atoms with Crippen LogP contribution in [0.4, 0.5) is 5.69 Å². The van der Waals surface area contributed by atoms with Gasteiger partial charge in [0.05, 0.1) is 6.04 Å². The molecule has 0 fully saturated rings. The Morgan fingerprint density at radius 3 is 2.62 bits per heavy atom. The number of amides is 2. The van der Waals surface area contributed by atoms with Crippen LogP contribution in [0.2, 0.25) is 5.02 Å². The van der Waals surface area contributed by atoms with Crippen molar-refractivity contribution in [1.82, 2.24) is 4.90 Å². The number of benzene rings is 3. The Morgan fingerprint density at radius 1 is 1.09 bits per heavy atom. The van der Waals surface area contributed by atoms with Crippen molar-refractivity contribution in [2.24, 2.45) is 0 Å². The highest BCUT2D eigenvalue weighted by Gasteiger charge is 2.35. The van der Waals surface area contributed by atoms with Crippen molar-refractivity contribution in [3.8, 4) is 5.75 Å². The molecular formula is C26H25ClN2O3. The van der Waals surface area contributed by atoms with Crippen molar-refractivity contribution in [3.63, 3.8) is 0 Å². The molecule has 2 atom stereocenters. The van der Waals surface area contributed by atoms with Crippen LogP contribution in [-0.4, -0.2) is 22.8 Å². The predicted molar refractivity (Wildman–Crippen MR) is 126 cm³/mol. The van der Waals surface area contributed by atoms with E-state index in [-0.39, 0.29) is 17.9 Å². The van der Waals surface area contributed by atoms with E-state index >= 15 is 0 Å². The third-order valence-corrected chi connectivity index (χ3v) is 5.84. The van der Waals surface area contributed by atoms with Crippen LogP contribution in [0.3, 0.4) is 0 Å². The van der Waals surface area contributed by atoms with E-state index in [2.05, 4.69) is 5.32 Å². The van der Waals surface area contributed by atoms with Gasteiger partial charge in [0.25, 0.3) is 5.91 Å². The molecule has 1 aliphatic rings. The Bertz CT molecular complexity index is 1130. The number of halogens is 1. The molecule has 0 spiro atoms. The van der Waals surface area contributed by atoms with E-state index in [0.29, 0.717) is 29.4 Å². The number of hydrogen-bond acceptors (Lipinski definition) is 3. The van der Waals surface area contributed by atoms with Gasteiger partial charge in [0.2, 0.25) is 5.91 Å². The molecular weight excluding hydrogens is 424 g/mol. The summed E-state index contributed by atoms with van der Waals surface area (Å²) < 4.78 is 6.00. The summed E-state index contributed by atoms with van der Waals surface area (Å²) in [5.74, 6) is 0.481. The summed E-state index contributed by atoms with van der Waals surface area (Å²) in [6.45, 7) is 3.91. The molecule has 1 N–H and O–H groups in total. The van der Waals surface area contributed by atoms with Gasteiger partial charge in [0, 0.05) is 30.6 Å². The largest absolute Gasteiger partial charge is 0.480 e. The molecule has 0 bridgehead atoms. The number of nitrogens with zero attached hydrogens (tertiary/aromatic N) is 1. The molecule has 164 valence electrons. The van der Waals surface area contributed by atoms with Crippen molar-refractivity contribution in [1.29, 1.82) is 0 Å². The highest BCUT2D eigenvalue weighted by atomic mass is 35.5. The smallest absolute Gasteiger partial charge is 0.264 e. The van der Waals surface area contributed by atoms with E-state index in [9.17, 15) is 9.59 Å². The van der Waals surface area contributed by atoms with Crippen molar-refractivity contribution >= 4 is 29.1 Å². The second kappa shape index (κ2) is 9.45. The van der Waals surface area contributed by atoms with Crippen LogP contribution >= 0.6 is 11.6 Å². The average molecular weight is 449 g/mol. The lowest BCUT2D eigenvalue weighted by Gasteiger charge is -2.32. The summed E-state index contributed by atoms with van der Waals surface area (Å²) >= 11 is 6.12. The van der Waals surface area contributed by atoms with E-state index in [4.69, 9.17) is 16.3 Å². The predicted octanol–water partition coefficient (Wildman–Crippen LogP) is 5.39. The first-order valence-electron chi connectivity index (χ1n) is 10.6. The van der Waals surface area contributed by atoms with Crippen LogP contribution < -0.4 is 10.1 Å². The molecule has 0 aromatic heterocycles. The van der Waals surface area contributed by atoms with Gasteiger partial charge < -0.3 is 15.0 Å². The van der Waals surface area contributed by atoms with Gasteiger partial charge >= 0.3 is 0 Å². The van der Waals surface area contributed by atoms with Gasteiger partial charge in [0.15, 0.2) is 6.10 Å². The molecule has 6 heteroatoms. The molecule has 4 rings (SSSR count). The van der Waals surface area contributed by atoms with Gasteiger partial charge in [-0.05, 0) is 53.9 Å². The van der Waals surface area contributed by atoms with E-state index in [1.54, 1.807) is 6.07 Å². The minimum Gasteiger partial charge on any atom is -0.480 e. The number of fused-ring (bicyclic) bond motifs is 1. The summed E-state index contributed by atoms with van der Waals surface area (Å²) in [4.78, 5) is 27.0. The zero-order valence-electron chi connectivity index (χ0n) is 18.0. The maximum atomic E-state index is 13.7. The second-order valence-corrected chi connectivity index (χ2v) is 8.43. The van der Waals surface area contributed by atoms with Gasteiger partial charge in [-0.1, -0.05) is 54.1 Å². The van der Waals surface area contributed by atoms with E-state index < -0.39 is 6.10 Å². The summed E-state index contributed by atoms with van der Waals surface area (Å²) in [6.07, 6.45) is -0.119. The van der Waals surface area contributed by atoms with Gasteiger partial charge in [-0.3, -0.25) is 9.59 Å². The number of nitrogens with one attached hydrogen (secondary N) is 1. The van der Waals surface area contributed by atoms with Gasteiger partial charge in [-0.2, -0.15) is 0 Å². The maximum Gasteiger partial charge on any atom is 0.264 e. The number of rotatable bonds is 6. The lowest BCUT2D eigenvalue weighted by Crippen LogP contribution is -2.42. The molecule has 1 aliphatic heterocycles. The molecule has 32 heavy (non-hydrogen) atoms. The fourth-order valence-corrected chi connectivity index (χ4v) is 4.18.